The zero-order valence-corrected chi connectivity index (χ0v) is 11.2. The third-order valence-corrected chi connectivity index (χ3v) is 5.53. The zero-order valence-electron chi connectivity index (χ0n) is 11.2. The van der Waals surface area contributed by atoms with Crippen LogP contribution in [0.4, 0.5) is 0 Å². The molecule has 0 aliphatic carbocycles. The van der Waals surface area contributed by atoms with Crippen molar-refractivity contribution in [3.8, 4) is 0 Å². The number of hydrogen-bond acceptors (Lipinski definition) is 2. The fourth-order valence-corrected chi connectivity index (χ4v) is 4.56. The third kappa shape index (κ3) is 1.78. The summed E-state index contributed by atoms with van der Waals surface area (Å²) in [6.45, 7) is 2.58. The summed E-state index contributed by atoms with van der Waals surface area (Å²) >= 11 is 0. The monoisotopic (exact) mass is 244 g/mol. The molecule has 0 aromatic rings. The van der Waals surface area contributed by atoms with Crippen molar-refractivity contribution in [2.45, 2.75) is 62.7 Å². The molecule has 0 N–H and O–H groups in total. The quantitative estimate of drug-likeness (QED) is 0.704. The van der Waals surface area contributed by atoms with E-state index < -0.39 is 0 Å². The summed E-state index contributed by atoms with van der Waals surface area (Å²) in [5, 5.41) is 0. The molecule has 0 radical (unpaired) electrons. The number of rotatable bonds is 3. The highest BCUT2D eigenvalue weighted by molar-refractivity contribution is 5.10. The van der Waals surface area contributed by atoms with Gasteiger partial charge in [-0.05, 0) is 38.5 Å². The molecule has 0 amide bonds. The molecular weight excluding hydrogens is 220 g/mol. The molecule has 0 aromatic heterocycles. The molecule has 4 rings (SSSR count). The molecule has 98 valence electrons. The predicted octanol–water partition coefficient (Wildman–Crippen LogP) is 2.57. The Bertz CT molecular complexity index is 337. The first kappa shape index (κ1) is 11.2. The van der Waals surface area contributed by atoms with Crippen LogP contribution in [0.3, 0.4) is 0 Å². The van der Waals surface area contributed by atoms with E-state index in [1.165, 1.54) is 51.6 Å². The van der Waals surface area contributed by atoms with E-state index in [0.717, 1.165) is 24.2 Å². The third-order valence-electron chi connectivity index (χ3n) is 5.53. The van der Waals surface area contributed by atoms with Crippen molar-refractivity contribution in [3.63, 3.8) is 0 Å². The summed E-state index contributed by atoms with van der Waals surface area (Å²) in [6.07, 6.45) is 17.9. The summed E-state index contributed by atoms with van der Waals surface area (Å²) in [5.41, 5.74) is 0. The topological polar surface area (TPSA) is 6.48 Å². The second kappa shape index (κ2) is 4.50. The molecule has 2 saturated heterocycles. The summed E-state index contributed by atoms with van der Waals surface area (Å²) < 4.78 is 0. The van der Waals surface area contributed by atoms with Crippen LogP contribution in [0.25, 0.3) is 0 Å². The molecule has 0 aromatic carbocycles. The lowest BCUT2D eigenvalue weighted by Crippen LogP contribution is -2.46. The van der Waals surface area contributed by atoms with E-state index in [2.05, 4.69) is 34.1 Å². The van der Waals surface area contributed by atoms with E-state index in [1.54, 1.807) is 0 Å². The van der Waals surface area contributed by atoms with E-state index in [9.17, 15) is 0 Å². The fourth-order valence-electron chi connectivity index (χ4n) is 4.56. The molecule has 18 heavy (non-hydrogen) atoms. The van der Waals surface area contributed by atoms with Crippen molar-refractivity contribution < 1.29 is 0 Å². The Labute approximate surface area is 110 Å². The summed E-state index contributed by atoms with van der Waals surface area (Å²) in [7, 11) is 0. The Hall–Kier alpha value is -0.600. The van der Waals surface area contributed by atoms with Crippen LogP contribution in [0.15, 0.2) is 24.3 Å². The van der Waals surface area contributed by atoms with E-state index in [-0.39, 0.29) is 0 Å². The van der Waals surface area contributed by atoms with Crippen LogP contribution in [-0.2, 0) is 0 Å². The molecule has 4 bridgehead atoms. The first-order valence-electron chi connectivity index (χ1n) is 7.76. The Morgan fingerprint density at radius 2 is 1.22 bits per heavy atom. The molecule has 4 atom stereocenters. The van der Waals surface area contributed by atoms with Crippen molar-refractivity contribution in [1.29, 1.82) is 0 Å². The molecule has 4 aliphatic rings. The highest BCUT2D eigenvalue weighted by atomic mass is 15.3. The standard InChI is InChI=1S/C16H24N2/c1-3-13-7-8-14(4-1)17(13)11-12-18-15-5-2-6-16(18)10-9-15/h1-3,5,13-16H,4,6-12H2/t13-,14-,15-,16+/m0/s1. The predicted molar refractivity (Wildman–Crippen MR) is 74.5 cm³/mol. The van der Waals surface area contributed by atoms with Crippen LogP contribution in [0.1, 0.15) is 38.5 Å². The maximum Gasteiger partial charge on any atom is 0.0282 e. The maximum atomic E-state index is 2.78. The van der Waals surface area contributed by atoms with Gasteiger partial charge in [0.15, 0.2) is 0 Å². The minimum atomic E-state index is 0.765. The van der Waals surface area contributed by atoms with Crippen molar-refractivity contribution >= 4 is 0 Å². The second-order valence-electron chi connectivity index (χ2n) is 6.40. The molecule has 4 heterocycles. The Morgan fingerprint density at radius 3 is 1.67 bits per heavy atom. The van der Waals surface area contributed by atoms with E-state index in [4.69, 9.17) is 0 Å². The Morgan fingerprint density at radius 1 is 0.722 bits per heavy atom. The van der Waals surface area contributed by atoms with Gasteiger partial charge in [0, 0.05) is 37.3 Å². The lowest BCUT2D eigenvalue weighted by Gasteiger charge is -2.36. The molecule has 2 fully saturated rings. The van der Waals surface area contributed by atoms with Crippen LogP contribution in [0.2, 0.25) is 0 Å². The van der Waals surface area contributed by atoms with Crippen LogP contribution in [-0.4, -0.2) is 47.1 Å². The van der Waals surface area contributed by atoms with Gasteiger partial charge >= 0.3 is 0 Å². The van der Waals surface area contributed by atoms with Gasteiger partial charge in [-0.1, -0.05) is 24.3 Å². The lowest BCUT2D eigenvalue weighted by atomic mass is 10.1. The molecule has 0 saturated carbocycles. The van der Waals surface area contributed by atoms with Crippen LogP contribution in [0, 0.1) is 0 Å². The maximum absolute atomic E-state index is 2.78. The Balaban J connectivity index is 1.39. The largest absolute Gasteiger partial charge is 0.292 e. The lowest BCUT2D eigenvalue weighted by molar-refractivity contribution is 0.142. The van der Waals surface area contributed by atoms with Crippen LogP contribution >= 0.6 is 0 Å². The van der Waals surface area contributed by atoms with Crippen LogP contribution < -0.4 is 0 Å². The van der Waals surface area contributed by atoms with Gasteiger partial charge < -0.3 is 0 Å². The summed E-state index contributed by atoms with van der Waals surface area (Å²) in [5.74, 6) is 0. The molecule has 2 nitrogen and oxygen atoms in total. The molecule has 0 spiro atoms. The first-order valence-corrected chi connectivity index (χ1v) is 7.76. The number of hydrogen-bond donors (Lipinski definition) is 0. The summed E-state index contributed by atoms with van der Waals surface area (Å²) in [6, 6.07) is 3.25. The highest BCUT2D eigenvalue weighted by Gasteiger charge is 2.37. The van der Waals surface area contributed by atoms with Gasteiger partial charge in [0.25, 0.3) is 0 Å². The molecule has 0 unspecified atom stereocenters. The van der Waals surface area contributed by atoms with Gasteiger partial charge in [0.05, 0.1) is 0 Å². The van der Waals surface area contributed by atoms with Crippen LogP contribution in [0.5, 0.6) is 0 Å². The van der Waals surface area contributed by atoms with Gasteiger partial charge in [-0.3, -0.25) is 9.80 Å². The first-order chi connectivity index (χ1) is 8.92. The van der Waals surface area contributed by atoms with Crippen molar-refractivity contribution in [2.75, 3.05) is 13.1 Å². The van der Waals surface area contributed by atoms with E-state index >= 15 is 0 Å². The smallest absolute Gasteiger partial charge is 0.0282 e. The number of nitrogens with zero attached hydrogens (tertiary/aromatic N) is 2. The van der Waals surface area contributed by atoms with Crippen molar-refractivity contribution in [3.05, 3.63) is 24.3 Å². The fraction of sp³-hybridized carbons (Fsp3) is 0.750. The van der Waals surface area contributed by atoms with E-state index in [1.807, 2.05) is 0 Å². The molecular formula is C16H24N2. The van der Waals surface area contributed by atoms with Crippen molar-refractivity contribution in [2.24, 2.45) is 0 Å². The van der Waals surface area contributed by atoms with Gasteiger partial charge in [-0.15, -0.1) is 0 Å². The van der Waals surface area contributed by atoms with Gasteiger partial charge in [0.1, 0.15) is 0 Å². The SMILES string of the molecule is C1=C[C@H]2CC[C@@H](C1)N2CCN1[C@H]2CC=C[C@H]1CC2. The normalized spacial score (nSPS) is 42.9. The molecule has 2 heteroatoms. The average Bonchev–Trinajstić information content (AvgIpc) is 2.74. The van der Waals surface area contributed by atoms with Gasteiger partial charge in [0.2, 0.25) is 0 Å². The minimum absolute atomic E-state index is 0.765. The highest BCUT2D eigenvalue weighted by Crippen LogP contribution is 2.34. The van der Waals surface area contributed by atoms with E-state index in [0.29, 0.717) is 0 Å². The molecule has 4 aliphatic heterocycles. The number of fused-ring (bicyclic) bond motifs is 4. The average molecular weight is 244 g/mol. The van der Waals surface area contributed by atoms with Gasteiger partial charge in [-0.25, -0.2) is 0 Å². The summed E-state index contributed by atoms with van der Waals surface area (Å²) in [4.78, 5) is 5.55. The zero-order chi connectivity index (χ0) is 11.9. The Kier molecular flexibility index (Phi) is 2.81. The second-order valence-corrected chi connectivity index (χ2v) is 6.40. The van der Waals surface area contributed by atoms with Gasteiger partial charge in [-0.2, -0.15) is 0 Å². The van der Waals surface area contributed by atoms with Crippen molar-refractivity contribution in [1.82, 2.24) is 9.80 Å². The minimum Gasteiger partial charge on any atom is -0.292 e.